The Hall–Kier alpha value is -4.89. The summed E-state index contributed by atoms with van der Waals surface area (Å²) in [4.78, 5) is 50.8. The Morgan fingerprint density at radius 3 is 2.45 bits per heavy atom. The van der Waals surface area contributed by atoms with Crippen molar-refractivity contribution in [1.29, 1.82) is 0 Å². The van der Waals surface area contributed by atoms with Crippen molar-refractivity contribution in [3.05, 3.63) is 94.6 Å². The van der Waals surface area contributed by atoms with E-state index in [4.69, 9.17) is 9.15 Å². The molecule has 0 unspecified atom stereocenters. The highest BCUT2D eigenvalue weighted by Crippen LogP contribution is 2.29. The molecule has 15 heteroatoms. The van der Waals surface area contributed by atoms with Crippen molar-refractivity contribution in [2.75, 3.05) is 17.2 Å². The topological polar surface area (TPSA) is 188 Å². The molecular weight excluding hydrogens is 540 g/mol. The average Bonchev–Trinajstić information content (AvgIpc) is 3.61. The highest BCUT2D eigenvalue weighted by molar-refractivity contribution is 7.93. The van der Waals surface area contributed by atoms with Crippen LogP contribution in [-0.4, -0.2) is 42.7 Å². The molecule has 0 aliphatic heterocycles. The third kappa shape index (κ3) is 5.91. The Labute approximate surface area is 218 Å². The molecule has 4 aromatic rings. The second kappa shape index (κ2) is 11.0. The maximum Gasteiger partial charge on any atom is 0.340 e. The van der Waals surface area contributed by atoms with Crippen LogP contribution in [0.15, 0.2) is 86.6 Å². The number of carbonyl (C=O) groups excluding carboxylic acids is 3. The number of thiazole rings is 1. The molecule has 0 aliphatic rings. The molecule has 13 nitrogen and oxygen atoms in total. The number of aromatic nitrogens is 1. The van der Waals surface area contributed by atoms with Crippen LogP contribution in [0.25, 0.3) is 0 Å². The predicted octanol–water partition coefficient (Wildman–Crippen LogP) is 3.52. The van der Waals surface area contributed by atoms with Gasteiger partial charge < -0.3 is 14.5 Å². The Kier molecular flexibility index (Phi) is 7.59. The summed E-state index contributed by atoms with van der Waals surface area (Å²) >= 11 is 0.650. The molecule has 2 heterocycles. The van der Waals surface area contributed by atoms with Crippen LogP contribution < -0.4 is 10.6 Å². The van der Waals surface area contributed by atoms with Gasteiger partial charge in [0.1, 0.15) is 4.21 Å². The van der Waals surface area contributed by atoms with E-state index in [1.54, 1.807) is 12.1 Å². The van der Waals surface area contributed by atoms with Crippen molar-refractivity contribution in [2.45, 2.75) is 9.10 Å². The molecule has 0 spiro atoms. The number of amides is 2. The van der Waals surface area contributed by atoms with Gasteiger partial charge in [-0.05, 0) is 36.4 Å². The standard InChI is InChI=1S/C23H16N4O9S2/c28-19(13-36-22(30)16-4-1-2-5-17(16)25-21(29)18-6-3-11-35-18)26-23-24-12-20(37-23)38(33,34)15-9-7-14(8-10-15)27(31)32/h1-12H,13H2,(H,25,29)(H,24,26,28). The number of non-ortho nitro benzene ring substituents is 1. The van der Waals surface area contributed by atoms with Gasteiger partial charge in [-0.25, -0.2) is 18.2 Å². The van der Waals surface area contributed by atoms with Crippen LogP contribution in [0, 0.1) is 10.1 Å². The summed E-state index contributed by atoms with van der Waals surface area (Å²) in [5.41, 5.74) is -0.135. The van der Waals surface area contributed by atoms with Crippen molar-refractivity contribution in [3.8, 4) is 0 Å². The summed E-state index contributed by atoms with van der Waals surface area (Å²) in [5, 5.41) is 15.6. The highest BCUT2D eigenvalue weighted by atomic mass is 32.2. The first-order valence-electron chi connectivity index (χ1n) is 10.5. The van der Waals surface area contributed by atoms with Crippen LogP contribution in [-0.2, 0) is 19.4 Å². The van der Waals surface area contributed by atoms with Gasteiger partial charge in [-0.3, -0.25) is 25.0 Å². The van der Waals surface area contributed by atoms with E-state index in [0.717, 1.165) is 30.5 Å². The quantitative estimate of drug-likeness (QED) is 0.175. The van der Waals surface area contributed by atoms with E-state index < -0.39 is 39.2 Å². The minimum absolute atomic E-state index is 0.00840. The predicted molar refractivity (Wildman–Crippen MR) is 133 cm³/mol. The van der Waals surface area contributed by atoms with Crippen molar-refractivity contribution in [3.63, 3.8) is 0 Å². The second-order valence-electron chi connectivity index (χ2n) is 7.34. The third-order valence-electron chi connectivity index (χ3n) is 4.83. The summed E-state index contributed by atoms with van der Waals surface area (Å²) in [6.45, 7) is -0.719. The van der Waals surface area contributed by atoms with E-state index in [2.05, 4.69) is 15.6 Å². The molecule has 0 fully saturated rings. The van der Waals surface area contributed by atoms with Crippen molar-refractivity contribution in [2.24, 2.45) is 0 Å². The normalized spacial score (nSPS) is 10.9. The fourth-order valence-corrected chi connectivity index (χ4v) is 5.48. The lowest BCUT2D eigenvalue weighted by atomic mass is 10.1. The first kappa shape index (κ1) is 26.2. The van der Waals surface area contributed by atoms with Gasteiger partial charge in [-0.15, -0.1) is 0 Å². The van der Waals surface area contributed by atoms with Crippen LogP contribution >= 0.6 is 11.3 Å². The van der Waals surface area contributed by atoms with Crippen LogP contribution in [0.2, 0.25) is 0 Å². The van der Waals surface area contributed by atoms with Crippen molar-refractivity contribution >= 4 is 55.5 Å². The van der Waals surface area contributed by atoms with Crippen molar-refractivity contribution in [1.82, 2.24) is 4.98 Å². The van der Waals surface area contributed by atoms with Crippen LogP contribution in [0.1, 0.15) is 20.9 Å². The van der Waals surface area contributed by atoms with E-state index in [1.165, 1.54) is 30.5 Å². The average molecular weight is 557 g/mol. The van der Waals surface area contributed by atoms with Crippen LogP contribution in [0.5, 0.6) is 0 Å². The van der Waals surface area contributed by atoms with Crippen LogP contribution in [0.3, 0.4) is 0 Å². The summed E-state index contributed by atoms with van der Waals surface area (Å²) < 4.78 is 35.3. The van der Waals surface area contributed by atoms with Gasteiger partial charge in [0.05, 0.1) is 33.5 Å². The molecule has 0 atom stereocenters. The Morgan fingerprint density at radius 2 is 1.76 bits per heavy atom. The molecule has 0 radical (unpaired) electrons. The molecule has 2 aromatic heterocycles. The van der Waals surface area contributed by atoms with Crippen molar-refractivity contribution < 1.29 is 36.9 Å². The lowest BCUT2D eigenvalue weighted by Gasteiger charge is -2.10. The number of benzene rings is 2. The Balaban J connectivity index is 1.36. The molecule has 0 saturated heterocycles. The zero-order valence-corrected chi connectivity index (χ0v) is 20.7. The number of carbonyl (C=O) groups is 3. The first-order chi connectivity index (χ1) is 18.1. The number of hydrogen-bond donors (Lipinski definition) is 2. The zero-order valence-electron chi connectivity index (χ0n) is 19.0. The zero-order chi connectivity index (χ0) is 27.3. The molecule has 2 amide bonds. The molecule has 4 rings (SSSR count). The monoisotopic (exact) mass is 556 g/mol. The van der Waals surface area contributed by atoms with E-state index in [-0.39, 0.29) is 36.9 Å². The number of ether oxygens (including phenoxy) is 1. The van der Waals surface area contributed by atoms with E-state index in [9.17, 15) is 32.9 Å². The van der Waals surface area contributed by atoms with Gasteiger partial charge in [0.2, 0.25) is 9.84 Å². The number of nitro groups is 1. The molecule has 2 N–H and O–H groups in total. The molecular formula is C23H16N4O9S2. The molecule has 0 aliphatic carbocycles. The van der Waals surface area contributed by atoms with E-state index >= 15 is 0 Å². The third-order valence-corrected chi connectivity index (χ3v) is 7.97. The summed E-state index contributed by atoms with van der Waals surface area (Å²) in [6.07, 6.45) is 2.35. The maximum absolute atomic E-state index is 12.8. The lowest BCUT2D eigenvalue weighted by Crippen LogP contribution is -2.22. The molecule has 2 aromatic carbocycles. The number of furan rings is 1. The van der Waals surface area contributed by atoms with Gasteiger partial charge in [-0.2, -0.15) is 0 Å². The summed E-state index contributed by atoms with van der Waals surface area (Å²) in [5.74, 6) is -2.23. The molecule has 0 saturated carbocycles. The number of para-hydroxylation sites is 1. The number of hydrogen-bond acceptors (Lipinski definition) is 11. The maximum atomic E-state index is 12.8. The fraction of sp³-hybridized carbons (Fsp3) is 0.0435. The number of anilines is 2. The first-order valence-corrected chi connectivity index (χ1v) is 12.8. The van der Waals surface area contributed by atoms with E-state index in [0.29, 0.717) is 11.3 Å². The van der Waals surface area contributed by atoms with E-state index in [1.807, 2.05) is 0 Å². The molecule has 194 valence electrons. The number of esters is 1. The second-order valence-corrected chi connectivity index (χ2v) is 10.5. The fourth-order valence-electron chi connectivity index (χ4n) is 3.03. The highest BCUT2D eigenvalue weighted by Gasteiger charge is 2.23. The largest absolute Gasteiger partial charge is 0.459 e. The molecule has 0 bridgehead atoms. The number of nitro benzene ring substituents is 1. The van der Waals surface area contributed by atoms with Gasteiger partial charge in [-0.1, -0.05) is 23.5 Å². The minimum Gasteiger partial charge on any atom is -0.459 e. The van der Waals surface area contributed by atoms with Crippen LogP contribution in [0.4, 0.5) is 16.5 Å². The Bertz CT molecular complexity index is 1610. The summed E-state index contributed by atoms with van der Waals surface area (Å²) in [6, 6.07) is 13.3. The molecule has 38 heavy (non-hydrogen) atoms. The number of nitrogens with one attached hydrogen (secondary N) is 2. The van der Waals surface area contributed by atoms with Gasteiger partial charge in [0.25, 0.3) is 17.5 Å². The van der Waals surface area contributed by atoms with Gasteiger partial charge in [0, 0.05) is 12.1 Å². The summed E-state index contributed by atoms with van der Waals surface area (Å²) in [7, 11) is -4.03. The smallest absolute Gasteiger partial charge is 0.340 e. The Morgan fingerprint density at radius 1 is 1.03 bits per heavy atom. The lowest BCUT2D eigenvalue weighted by molar-refractivity contribution is -0.384. The SMILES string of the molecule is O=C(COC(=O)c1ccccc1NC(=O)c1ccco1)Nc1ncc(S(=O)(=O)c2ccc([N+](=O)[O-])cc2)s1. The van der Waals surface area contributed by atoms with Gasteiger partial charge >= 0.3 is 5.97 Å². The minimum atomic E-state index is -4.03. The number of nitrogens with zero attached hydrogens (tertiary/aromatic N) is 2. The number of rotatable bonds is 9. The van der Waals surface area contributed by atoms with Gasteiger partial charge in [0.15, 0.2) is 17.5 Å². The number of sulfone groups is 1.